The normalized spacial score (nSPS) is 25.5. The molecule has 2 N–H and O–H groups in total. The van der Waals surface area contributed by atoms with Gasteiger partial charge in [0, 0.05) is 18.0 Å². The van der Waals surface area contributed by atoms with E-state index in [0.717, 1.165) is 30.6 Å². The summed E-state index contributed by atoms with van der Waals surface area (Å²) >= 11 is 0. The van der Waals surface area contributed by atoms with Gasteiger partial charge in [-0.05, 0) is 18.9 Å². The summed E-state index contributed by atoms with van der Waals surface area (Å²) in [5.74, 6) is -0.0456. The smallest absolute Gasteiger partial charge is 0.325 e. The summed E-state index contributed by atoms with van der Waals surface area (Å²) in [6, 6.07) is 6.85. The summed E-state index contributed by atoms with van der Waals surface area (Å²) in [7, 11) is 0. The van der Waals surface area contributed by atoms with Gasteiger partial charge in [-0.25, -0.2) is 4.79 Å². The molecule has 2 aliphatic heterocycles. The third-order valence-corrected chi connectivity index (χ3v) is 6.03. The second kappa shape index (κ2) is 7.81. The number of carbonyl (C=O) groups is 3. The number of amides is 4. The number of fused-ring (bicyclic) bond motifs is 2. The van der Waals surface area contributed by atoms with Crippen molar-refractivity contribution < 1.29 is 19.1 Å². The van der Waals surface area contributed by atoms with Crippen LogP contribution in [0.5, 0.6) is 5.75 Å². The van der Waals surface area contributed by atoms with E-state index in [9.17, 15) is 14.4 Å². The minimum atomic E-state index is -1.13. The molecule has 1 unspecified atom stereocenters. The first-order chi connectivity index (χ1) is 13.6. The highest BCUT2D eigenvalue weighted by Crippen LogP contribution is 2.40. The number of hydrogen-bond donors (Lipinski definition) is 2. The summed E-state index contributed by atoms with van der Waals surface area (Å²) in [5.41, 5.74) is -0.477. The van der Waals surface area contributed by atoms with Gasteiger partial charge >= 0.3 is 6.03 Å². The van der Waals surface area contributed by atoms with Crippen LogP contribution in [-0.2, 0) is 15.1 Å². The molecule has 1 spiro atoms. The number of benzene rings is 1. The summed E-state index contributed by atoms with van der Waals surface area (Å²) < 4.78 is 5.63. The number of nitrogens with zero attached hydrogens (tertiary/aromatic N) is 1. The van der Waals surface area contributed by atoms with Crippen molar-refractivity contribution in [2.75, 3.05) is 13.2 Å². The van der Waals surface area contributed by atoms with Crippen LogP contribution < -0.4 is 15.4 Å². The lowest BCUT2D eigenvalue weighted by molar-refractivity contribution is -0.136. The van der Waals surface area contributed by atoms with Gasteiger partial charge in [0.25, 0.3) is 5.91 Å². The molecule has 0 bridgehead atoms. The highest BCUT2D eigenvalue weighted by molar-refractivity contribution is 6.09. The molecule has 0 aromatic heterocycles. The molecule has 2 heterocycles. The van der Waals surface area contributed by atoms with E-state index < -0.39 is 11.6 Å². The summed E-state index contributed by atoms with van der Waals surface area (Å²) in [4.78, 5) is 39.4. The molecule has 1 saturated carbocycles. The SMILES string of the molecule is O=C(CN1C(=O)NC2(CCOc3ccccc32)C1=O)NC1CCCCCCC1. The minimum absolute atomic E-state index is 0.131. The zero-order chi connectivity index (χ0) is 19.6. The highest BCUT2D eigenvalue weighted by atomic mass is 16.5. The lowest BCUT2D eigenvalue weighted by Gasteiger charge is -2.33. The van der Waals surface area contributed by atoms with E-state index in [0.29, 0.717) is 24.3 Å². The van der Waals surface area contributed by atoms with Crippen LogP contribution >= 0.6 is 0 Å². The first-order valence-electron chi connectivity index (χ1n) is 10.3. The molecule has 2 fully saturated rings. The van der Waals surface area contributed by atoms with Crippen LogP contribution in [0.3, 0.4) is 0 Å². The van der Waals surface area contributed by atoms with Crippen LogP contribution in [0.1, 0.15) is 56.9 Å². The Balaban J connectivity index is 1.46. The summed E-state index contributed by atoms with van der Waals surface area (Å²) in [6.07, 6.45) is 8.14. The molecule has 7 nitrogen and oxygen atoms in total. The molecule has 1 aromatic carbocycles. The van der Waals surface area contributed by atoms with Crippen LogP contribution in [0.2, 0.25) is 0 Å². The molecule has 150 valence electrons. The Morgan fingerprint density at radius 1 is 1.14 bits per heavy atom. The third kappa shape index (κ3) is 3.45. The van der Waals surface area contributed by atoms with Crippen LogP contribution in [0.25, 0.3) is 0 Å². The topological polar surface area (TPSA) is 87.7 Å². The van der Waals surface area contributed by atoms with Gasteiger partial charge in [0.2, 0.25) is 5.91 Å². The van der Waals surface area contributed by atoms with Crippen molar-refractivity contribution in [2.24, 2.45) is 0 Å². The molecule has 4 rings (SSSR count). The van der Waals surface area contributed by atoms with E-state index >= 15 is 0 Å². The van der Waals surface area contributed by atoms with Gasteiger partial charge < -0.3 is 15.4 Å². The molecule has 3 aliphatic rings. The zero-order valence-electron chi connectivity index (χ0n) is 16.0. The summed E-state index contributed by atoms with van der Waals surface area (Å²) in [6.45, 7) is 0.0943. The Morgan fingerprint density at radius 2 is 1.86 bits per heavy atom. The molecule has 4 amide bonds. The Bertz CT molecular complexity index is 773. The standard InChI is InChI=1S/C21H27N3O4/c25-18(22-15-8-4-2-1-3-5-9-15)14-24-19(26)21(23-20(24)27)12-13-28-17-11-7-6-10-16(17)21/h6-7,10-11,15H,1-5,8-9,12-14H2,(H,22,25)(H,23,27). The van der Waals surface area contributed by atoms with Crippen molar-refractivity contribution in [1.29, 1.82) is 0 Å². The number of ether oxygens (including phenoxy) is 1. The predicted molar refractivity (Wildman–Crippen MR) is 103 cm³/mol. The molecule has 1 aliphatic carbocycles. The Kier molecular flexibility index (Phi) is 5.24. The second-order valence-corrected chi connectivity index (χ2v) is 7.93. The van der Waals surface area contributed by atoms with Crippen molar-refractivity contribution in [1.82, 2.24) is 15.5 Å². The number of rotatable bonds is 3. The van der Waals surface area contributed by atoms with Gasteiger partial charge in [-0.2, -0.15) is 0 Å². The van der Waals surface area contributed by atoms with E-state index in [1.54, 1.807) is 12.1 Å². The van der Waals surface area contributed by atoms with E-state index in [2.05, 4.69) is 10.6 Å². The van der Waals surface area contributed by atoms with Crippen LogP contribution in [0.4, 0.5) is 4.79 Å². The molecule has 28 heavy (non-hydrogen) atoms. The van der Waals surface area contributed by atoms with E-state index in [4.69, 9.17) is 4.74 Å². The lowest BCUT2D eigenvalue weighted by atomic mass is 9.84. The number of hydrogen-bond acceptors (Lipinski definition) is 4. The van der Waals surface area contributed by atoms with Gasteiger partial charge in [0.1, 0.15) is 12.3 Å². The fourth-order valence-corrected chi connectivity index (χ4v) is 4.53. The minimum Gasteiger partial charge on any atom is -0.493 e. The molecule has 1 atom stereocenters. The van der Waals surface area contributed by atoms with Gasteiger partial charge in [0.05, 0.1) is 6.61 Å². The van der Waals surface area contributed by atoms with Crippen molar-refractivity contribution in [3.63, 3.8) is 0 Å². The van der Waals surface area contributed by atoms with E-state index in [-0.39, 0.29) is 24.4 Å². The van der Waals surface area contributed by atoms with Gasteiger partial charge in [-0.3, -0.25) is 14.5 Å². The van der Waals surface area contributed by atoms with Crippen LogP contribution in [0.15, 0.2) is 24.3 Å². The first-order valence-corrected chi connectivity index (χ1v) is 10.3. The average molecular weight is 385 g/mol. The summed E-state index contributed by atoms with van der Waals surface area (Å²) in [5, 5.41) is 5.86. The van der Waals surface area contributed by atoms with Crippen molar-refractivity contribution in [2.45, 2.75) is 62.9 Å². The number of nitrogens with one attached hydrogen (secondary N) is 2. The highest BCUT2D eigenvalue weighted by Gasteiger charge is 2.55. The molecule has 1 saturated heterocycles. The fraction of sp³-hybridized carbons (Fsp3) is 0.571. The lowest BCUT2D eigenvalue weighted by Crippen LogP contribution is -2.48. The maximum atomic E-state index is 13.2. The maximum absolute atomic E-state index is 13.2. The molecular formula is C21H27N3O4. The molecule has 0 radical (unpaired) electrons. The number of carbonyl (C=O) groups excluding carboxylic acids is 3. The van der Waals surface area contributed by atoms with Crippen LogP contribution in [-0.4, -0.2) is 41.9 Å². The van der Waals surface area contributed by atoms with Gasteiger partial charge in [-0.15, -0.1) is 0 Å². The quantitative estimate of drug-likeness (QED) is 0.783. The van der Waals surface area contributed by atoms with Crippen molar-refractivity contribution in [3.8, 4) is 5.75 Å². The predicted octanol–water partition coefficient (Wildman–Crippen LogP) is 2.45. The number of imide groups is 1. The molecule has 1 aromatic rings. The number of urea groups is 1. The Morgan fingerprint density at radius 3 is 2.64 bits per heavy atom. The van der Waals surface area contributed by atoms with Crippen molar-refractivity contribution >= 4 is 17.8 Å². The largest absolute Gasteiger partial charge is 0.493 e. The monoisotopic (exact) mass is 385 g/mol. The van der Waals surface area contributed by atoms with E-state index in [1.807, 2.05) is 12.1 Å². The van der Waals surface area contributed by atoms with E-state index in [1.165, 1.54) is 19.3 Å². The van der Waals surface area contributed by atoms with Gasteiger partial charge in [0.15, 0.2) is 5.54 Å². The van der Waals surface area contributed by atoms with Crippen molar-refractivity contribution in [3.05, 3.63) is 29.8 Å². The first kappa shape index (κ1) is 18.8. The molecule has 7 heteroatoms. The fourth-order valence-electron chi connectivity index (χ4n) is 4.53. The van der Waals surface area contributed by atoms with Crippen LogP contribution in [0, 0.1) is 0 Å². The maximum Gasteiger partial charge on any atom is 0.325 e. The zero-order valence-corrected chi connectivity index (χ0v) is 16.0. The molecular weight excluding hydrogens is 358 g/mol. The Labute approximate surface area is 164 Å². The Hall–Kier alpha value is -2.57. The van der Waals surface area contributed by atoms with Gasteiger partial charge in [-0.1, -0.05) is 50.3 Å². The third-order valence-electron chi connectivity index (χ3n) is 6.03. The average Bonchev–Trinajstić information content (AvgIpc) is 2.89. The number of para-hydroxylation sites is 1. The second-order valence-electron chi connectivity index (χ2n) is 7.93.